The summed E-state index contributed by atoms with van der Waals surface area (Å²) < 4.78 is 0. The van der Waals surface area contributed by atoms with Gasteiger partial charge in [0.25, 0.3) is 0 Å². The molecule has 0 aromatic carbocycles. The third-order valence-corrected chi connectivity index (χ3v) is 3.63. The SMILES string of the molecule is CCN(CC(=O)O)C1CC(NC(=O)Nc2cccnc2)C1. The summed E-state index contributed by atoms with van der Waals surface area (Å²) in [6.07, 6.45) is 4.78. The van der Waals surface area contributed by atoms with Crippen LogP contribution in [0.3, 0.4) is 0 Å². The molecule has 0 atom stereocenters. The maximum Gasteiger partial charge on any atom is 0.319 e. The van der Waals surface area contributed by atoms with Gasteiger partial charge >= 0.3 is 12.0 Å². The number of carboxylic acids is 1. The Morgan fingerprint density at radius 3 is 2.81 bits per heavy atom. The Morgan fingerprint density at radius 1 is 1.48 bits per heavy atom. The summed E-state index contributed by atoms with van der Waals surface area (Å²) in [5.74, 6) is -0.817. The van der Waals surface area contributed by atoms with E-state index in [1.807, 2.05) is 11.8 Å². The van der Waals surface area contributed by atoms with Crippen LogP contribution in [0, 0.1) is 0 Å². The van der Waals surface area contributed by atoms with Crippen LogP contribution in [0.4, 0.5) is 10.5 Å². The molecule has 114 valence electrons. The second-order valence-corrected chi connectivity index (χ2v) is 5.12. The second-order valence-electron chi connectivity index (χ2n) is 5.12. The van der Waals surface area contributed by atoms with Gasteiger partial charge in [-0.2, -0.15) is 0 Å². The lowest BCUT2D eigenvalue weighted by molar-refractivity contribution is -0.139. The number of aromatic nitrogens is 1. The molecule has 3 N–H and O–H groups in total. The summed E-state index contributed by atoms with van der Waals surface area (Å²) in [6.45, 7) is 2.69. The standard InChI is InChI=1S/C14H20N4O3/c1-2-18(9-13(19)20)12-6-11(7-12)17-14(21)16-10-4-3-5-15-8-10/h3-5,8,11-12H,2,6-7,9H2,1H3,(H,19,20)(H2,16,17,21). The largest absolute Gasteiger partial charge is 0.480 e. The molecule has 1 fully saturated rings. The maximum absolute atomic E-state index is 11.8. The lowest BCUT2D eigenvalue weighted by atomic mass is 9.85. The van der Waals surface area contributed by atoms with Crippen molar-refractivity contribution in [2.45, 2.75) is 31.8 Å². The van der Waals surface area contributed by atoms with E-state index in [9.17, 15) is 9.59 Å². The quantitative estimate of drug-likeness (QED) is 0.731. The number of hydrogen-bond acceptors (Lipinski definition) is 4. The number of carboxylic acid groups (broad SMARTS) is 1. The van der Waals surface area contributed by atoms with Crippen LogP contribution in [0.15, 0.2) is 24.5 Å². The molecule has 1 aromatic rings. The fourth-order valence-corrected chi connectivity index (χ4v) is 2.47. The third-order valence-electron chi connectivity index (χ3n) is 3.63. The van der Waals surface area contributed by atoms with Crippen LogP contribution in [-0.4, -0.2) is 52.2 Å². The average Bonchev–Trinajstić information content (AvgIpc) is 2.41. The minimum atomic E-state index is -0.817. The van der Waals surface area contributed by atoms with E-state index in [1.165, 1.54) is 0 Å². The summed E-state index contributed by atoms with van der Waals surface area (Å²) in [4.78, 5) is 28.4. The van der Waals surface area contributed by atoms with Gasteiger partial charge < -0.3 is 15.7 Å². The van der Waals surface area contributed by atoms with Gasteiger partial charge in [0.05, 0.1) is 18.4 Å². The highest BCUT2D eigenvalue weighted by Gasteiger charge is 2.34. The van der Waals surface area contributed by atoms with Gasteiger partial charge in [0.2, 0.25) is 0 Å². The van der Waals surface area contributed by atoms with Crippen LogP contribution in [0.1, 0.15) is 19.8 Å². The van der Waals surface area contributed by atoms with Crippen LogP contribution in [0.5, 0.6) is 0 Å². The molecule has 1 aromatic heterocycles. The van der Waals surface area contributed by atoms with Crippen LogP contribution in [-0.2, 0) is 4.79 Å². The van der Waals surface area contributed by atoms with Gasteiger partial charge in [-0.1, -0.05) is 6.92 Å². The topological polar surface area (TPSA) is 94.6 Å². The van der Waals surface area contributed by atoms with Crippen molar-refractivity contribution >= 4 is 17.7 Å². The van der Waals surface area contributed by atoms with Crippen molar-refractivity contribution in [1.29, 1.82) is 0 Å². The summed E-state index contributed by atoms with van der Waals surface area (Å²) in [6, 6.07) is 3.58. The highest BCUT2D eigenvalue weighted by molar-refractivity contribution is 5.89. The van der Waals surface area contributed by atoms with E-state index in [1.54, 1.807) is 24.5 Å². The van der Waals surface area contributed by atoms with Crippen molar-refractivity contribution in [3.63, 3.8) is 0 Å². The first-order chi connectivity index (χ1) is 10.1. The molecule has 0 spiro atoms. The minimum Gasteiger partial charge on any atom is -0.480 e. The molecule has 0 aliphatic heterocycles. The van der Waals surface area contributed by atoms with Crippen LogP contribution in [0.25, 0.3) is 0 Å². The second kappa shape index (κ2) is 7.03. The summed E-state index contributed by atoms with van der Waals surface area (Å²) in [5.41, 5.74) is 0.645. The summed E-state index contributed by atoms with van der Waals surface area (Å²) in [5, 5.41) is 14.4. The number of amides is 2. The van der Waals surface area contributed by atoms with Crippen molar-refractivity contribution in [3.8, 4) is 0 Å². The zero-order valence-corrected chi connectivity index (χ0v) is 12.0. The Bertz CT molecular complexity index is 488. The molecule has 2 amide bonds. The van der Waals surface area contributed by atoms with Gasteiger partial charge in [-0.05, 0) is 31.5 Å². The van der Waals surface area contributed by atoms with Gasteiger partial charge in [0.1, 0.15) is 0 Å². The number of hydrogen-bond donors (Lipinski definition) is 3. The molecule has 21 heavy (non-hydrogen) atoms. The molecule has 0 bridgehead atoms. The van der Waals surface area contributed by atoms with Crippen molar-refractivity contribution < 1.29 is 14.7 Å². The van der Waals surface area contributed by atoms with E-state index in [4.69, 9.17) is 5.11 Å². The number of rotatable bonds is 6. The molecule has 1 aliphatic carbocycles. The zero-order chi connectivity index (χ0) is 15.2. The van der Waals surface area contributed by atoms with E-state index in [0.29, 0.717) is 12.2 Å². The fourth-order valence-electron chi connectivity index (χ4n) is 2.47. The van der Waals surface area contributed by atoms with Gasteiger partial charge in [-0.15, -0.1) is 0 Å². The smallest absolute Gasteiger partial charge is 0.319 e. The third kappa shape index (κ3) is 4.42. The Kier molecular flexibility index (Phi) is 5.10. The lowest BCUT2D eigenvalue weighted by Crippen LogP contribution is -2.55. The van der Waals surface area contributed by atoms with Crippen molar-refractivity contribution in [2.24, 2.45) is 0 Å². The van der Waals surface area contributed by atoms with E-state index in [0.717, 1.165) is 12.8 Å². The number of anilines is 1. The number of aliphatic carboxylic acids is 1. The first-order valence-electron chi connectivity index (χ1n) is 7.02. The number of carbonyl (C=O) groups is 2. The van der Waals surface area contributed by atoms with Gasteiger partial charge in [0.15, 0.2) is 0 Å². The number of nitrogens with one attached hydrogen (secondary N) is 2. The number of pyridine rings is 1. The zero-order valence-electron chi connectivity index (χ0n) is 12.0. The summed E-state index contributed by atoms with van der Waals surface area (Å²) in [7, 11) is 0. The van der Waals surface area contributed by atoms with Gasteiger partial charge in [0, 0.05) is 18.3 Å². The average molecular weight is 292 g/mol. The molecule has 1 heterocycles. The van der Waals surface area contributed by atoms with E-state index in [2.05, 4.69) is 15.6 Å². The number of nitrogens with zero attached hydrogens (tertiary/aromatic N) is 2. The molecule has 0 unspecified atom stereocenters. The molecule has 7 heteroatoms. The molecule has 2 rings (SSSR count). The predicted octanol–water partition coefficient (Wildman–Crippen LogP) is 1.14. The molecule has 0 radical (unpaired) electrons. The molecule has 7 nitrogen and oxygen atoms in total. The molecule has 1 aliphatic rings. The van der Waals surface area contributed by atoms with Crippen LogP contribution >= 0.6 is 0 Å². The fraction of sp³-hybridized carbons (Fsp3) is 0.500. The van der Waals surface area contributed by atoms with Gasteiger partial charge in [-0.3, -0.25) is 14.7 Å². The number of likely N-dealkylation sites (N-methyl/N-ethyl adjacent to an activating group) is 1. The minimum absolute atomic E-state index is 0.0514. The highest BCUT2D eigenvalue weighted by atomic mass is 16.4. The van der Waals surface area contributed by atoms with Crippen molar-refractivity contribution in [1.82, 2.24) is 15.2 Å². The Morgan fingerprint density at radius 2 is 2.24 bits per heavy atom. The van der Waals surface area contributed by atoms with Crippen LogP contribution < -0.4 is 10.6 Å². The Hall–Kier alpha value is -2.15. The van der Waals surface area contributed by atoms with Crippen molar-refractivity contribution in [3.05, 3.63) is 24.5 Å². The predicted molar refractivity (Wildman–Crippen MR) is 78.1 cm³/mol. The highest BCUT2D eigenvalue weighted by Crippen LogP contribution is 2.25. The Balaban J connectivity index is 1.72. The van der Waals surface area contributed by atoms with Crippen LogP contribution in [0.2, 0.25) is 0 Å². The molecular formula is C14H20N4O3. The van der Waals surface area contributed by atoms with Crippen molar-refractivity contribution in [2.75, 3.05) is 18.4 Å². The maximum atomic E-state index is 11.8. The lowest BCUT2D eigenvalue weighted by Gasteiger charge is -2.42. The molecule has 0 saturated heterocycles. The monoisotopic (exact) mass is 292 g/mol. The van der Waals surface area contributed by atoms with E-state index >= 15 is 0 Å². The molecule has 1 saturated carbocycles. The van der Waals surface area contributed by atoms with E-state index in [-0.39, 0.29) is 24.7 Å². The number of urea groups is 1. The number of carbonyl (C=O) groups excluding carboxylic acids is 1. The summed E-state index contributed by atoms with van der Waals surface area (Å²) >= 11 is 0. The normalized spacial score (nSPS) is 20.7. The molecular weight excluding hydrogens is 272 g/mol. The first-order valence-corrected chi connectivity index (χ1v) is 7.02. The Labute approximate surface area is 123 Å². The van der Waals surface area contributed by atoms with E-state index < -0.39 is 5.97 Å². The van der Waals surface area contributed by atoms with Gasteiger partial charge in [-0.25, -0.2) is 4.79 Å². The first kappa shape index (κ1) is 15.2.